The van der Waals surface area contributed by atoms with E-state index in [1.54, 1.807) is 0 Å². The smallest absolute Gasteiger partial charge is 0.236 e. The highest BCUT2D eigenvalue weighted by atomic mass is 16.5. The topological polar surface area (TPSA) is 61.9 Å². The molecular weight excluding hydrogens is 342 g/mol. The maximum atomic E-state index is 12.6. The van der Waals surface area contributed by atoms with Gasteiger partial charge in [0, 0.05) is 38.6 Å². The van der Waals surface area contributed by atoms with Gasteiger partial charge in [-0.2, -0.15) is 0 Å². The first-order chi connectivity index (χ1) is 13.0. The summed E-state index contributed by atoms with van der Waals surface area (Å²) in [4.78, 5) is 28.6. The first-order valence-corrected chi connectivity index (χ1v) is 10.0. The maximum Gasteiger partial charge on any atom is 0.236 e. The van der Waals surface area contributed by atoms with Crippen molar-refractivity contribution in [1.29, 1.82) is 0 Å². The molecule has 6 heteroatoms. The summed E-state index contributed by atoms with van der Waals surface area (Å²) in [6, 6.07) is 6.24. The Labute approximate surface area is 161 Å². The molecule has 2 heterocycles. The Kier molecular flexibility index (Phi) is 6.72. The van der Waals surface area contributed by atoms with Gasteiger partial charge in [-0.1, -0.05) is 6.07 Å². The monoisotopic (exact) mass is 373 g/mol. The Morgan fingerprint density at radius 1 is 1.26 bits per heavy atom. The third kappa shape index (κ3) is 5.22. The number of hydrogen-bond acceptors (Lipinski definition) is 4. The minimum absolute atomic E-state index is 0.155. The zero-order valence-corrected chi connectivity index (χ0v) is 16.5. The standard InChI is InChI=1S/C21H31N3O3/c1-16-7-8-19(13-17(16)2)27-12-4-6-20(25)23-10-3-5-18(15-23)24-11-9-22-14-21(24)26/h7-8,13,18,22H,3-6,9-12,14-15H2,1-2H3. The Bertz CT molecular complexity index is 677. The summed E-state index contributed by atoms with van der Waals surface area (Å²) < 4.78 is 5.78. The van der Waals surface area contributed by atoms with Crippen molar-refractivity contribution in [2.24, 2.45) is 0 Å². The molecule has 2 amide bonds. The molecule has 2 fully saturated rings. The van der Waals surface area contributed by atoms with E-state index >= 15 is 0 Å². The van der Waals surface area contributed by atoms with Crippen molar-refractivity contribution in [1.82, 2.24) is 15.1 Å². The van der Waals surface area contributed by atoms with E-state index in [9.17, 15) is 9.59 Å². The fourth-order valence-corrected chi connectivity index (χ4v) is 3.82. The van der Waals surface area contributed by atoms with Crippen LogP contribution < -0.4 is 10.1 Å². The fourth-order valence-electron chi connectivity index (χ4n) is 3.82. The number of nitrogens with one attached hydrogen (secondary N) is 1. The van der Waals surface area contributed by atoms with Gasteiger partial charge in [0.05, 0.1) is 13.2 Å². The van der Waals surface area contributed by atoms with Gasteiger partial charge in [-0.05, 0) is 56.4 Å². The Morgan fingerprint density at radius 3 is 2.89 bits per heavy atom. The summed E-state index contributed by atoms with van der Waals surface area (Å²) in [5, 5.41) is 3.11. The van der Waals surface area contributed by atoms with E-state index in [1.165, 1.54) is 11.1 Å². The van der Waals surface area contributed by atoms with Gasteiger partial charge >= 0.3 is 0 Å². The van der Waals surface area contributed by atoms with Crippen molar-refractivity contribution in [2.75, 3.05) is 39.3 Å². The molecule has 0 saturated carbocycles. The van der Waals surface area contributed by atoms with Gasteiger partial charge in [0.25, 0.3) is 0 Å². The number of carbonyl (C=O) groups excluding carboxylic acids is 2. The predicted molar refractivity (Wildman–Crippen MR) is 105 cm³/mol. The third-order valence-corrected chi connectivity index (χ3v) is 5.60. The maximum absolute atomic E-state index is 12.6. The first kappa shape index (κ1) is 19.7. The van der Waals surface area contributed by atoms with Crippen LogP contribution in [-0.4, -0.2) is 67.0 Å². The Morgan fingerprint density at radius 2 is 2.11 bits per heavy atom. The van der Waals surface area contributed by atoms with Gasteiger partial charge in [-0.3, -0.25) is 9.59 Å². The molecule has 2 saturated heterocycles. The van der Waals surface area contributed by atoms with E-state index in [0.717, 1.165) is 38.2 Å². The van der Waals surface area contributed by atoms with Gasteiger partial charge in [-0.25, -0.2) is 0 Å². The highest BCUT2D eigenvalue weighted by Crippen LogP contribution is 2.19. The quantitative estimate of drug-likeness (QED) is 0.774. The van der Waals surface area contributed by atoms with Crippen LogP contribution in [0.3, 0.4) is 0 Å². The number of hydrogen-bond donors (Lipinski definition) is 1. The average Bonchev–Trinajstić information content (AvgIpc) is 2.68. The average molecular weight is 373 g/mol. The van der Waals surface area contributed by atoms with Crippen LogP contribution in [0.1, 0.15) is 36.8 Å². The molecule has 27 heavy (non-hydrogen) atoms. The Balaban J connectivity index is 1.42. The molecule has 0 aromatic heterocycles. The second-order valence-corrected chi connectivity index (χ2v) is 7.60. The normalized spacial score (nSPS) is 20.7. The van der Waals surface area contributed by atoms with Crippen LogP contribution in [0.4, 0.5) is 0 Å². The SMILES string of the molecule is Cc1ccc(OCCCC(=O)N2CCCC(N3CCNCC3=O)C2)cc1C. The van der Waals surface area contributed by atoms with Gasteiger partial charge < -0.3 is 19.9 Å². The summed E-state index contributed by atoms with van der Waals surface area (Å²) >= 11 is 0. The number of aryl methyl sites for hydroxylation is 2. The molecule has 1 aromatic rings. The van der Waals surface area contributed by atoms with Crippen LogP contribution in [0.2, 0.25) is 0 Å². The Hall–Kier alpha value is -2.08. The van der Waals surface area contributed by atoms with E-state index in [4.69, 9.17) is 4.74 Å². The zero-order chi connectivity index (χ0) is 19.2. The largest absolute Gasteiger partial charge is 0.494 e. The van der Waals surface area contributed by atoms with Gasteiger partial charge in [0.15, 0.2) is 0 Å². The molecule has 2 aliphatic rings. The molecule has 3 rings (SSSR count). The van der Waals surface area contributed by atoms with E-state index < -0.39 is 0 Å². The van der Waals surface area contributed by atoms with E-state index in [0.29, 0.717) is 32.5 Å². The van der Waals surface area contributed by atoms with E-state index in [2.05, 4.69) is 25.2 Å². The molecule has 0 spiro atoms. The molecule has 1 N–H and O–H groups in total. The lowest BCUT2D eigenvalue weighted by molar-refractivity contribution is -0.140. The summed E-state index contributed by atoms with van der Waals surface area (Å²) in [7, 11) is 0. The van der Waals surface area contributed by atoms with Crippen LogP contribution in [0, 0.1) is 13.8 Å². The van der Waals surface area contributed by atoms with Crippen molar-refractivity contribution in [3.05, 3.63) is 29.3 Å². The van der Waals surface area contributed by atoms with Crippen molar-refractivity contribution >= 4 is 11.8 Å². The van der Waals surface area contributed by atoms with Crippen LogP contribution in [0.25, 0.3) is 0 Å². The van der Waals surface area contributed by atoms with Crippen LogP contribution >= 0.6 is 0 Å². The summed E-state index contributed by atoms with van der Waals surface area (Å²) in [6.45, 7) is 8.17. The number of piperazine rings is 1. The second-order valence-electron chi connectivity index (χ2n) is 7.60. The molecule has 148 valence electrons. The van der Waals surface area contributed by atoms with Crippen molar-refractivity contribution in [3.63, 3.8) is 0 Å². The van der Waals surface area contributed by atoms with Gasteiger partial charge in [-0.15, -0.1) is 0 Å². The number of nitrogens with zero attached hydrogens (tertiary/aromatic N) is 2. The molecule has 1 atom stereocenters. The lowest BCUT2D eigenvalue weighted by atomic mass is 10.0. The highest BCUT2D eigenvalue weighted by Gasteiger charge is 2.31. The van der Waals surface area contributed by atoms with Gasteiger partial charge in [0.1, 0.15) is 5.75 Å². The van der Waals surface area contributed by atoms with Crippen molar-refractivity contribution in [2.45, 2.75) is 45.6 Å². The van der Waals surface area contributed by atoms with Crippen molar-refractivity contribution < 1.29 is 14.3 Å². The summed E-state index contributed by atoms with van der Waals surface area (Å²) in [5.74, 6) is 1.19. The number of benzene rings is 1. The number of amides is 2. The van der Waals surface area contributed by atoms with Crippen LogP contribution in [0.5, 0.6) is 5.75 Å². The minimum atomic E-state index is 0.155. The van der Waals surface area contributed by atoms with E-state index in [1.807, 2.05) is 21.9 Å². The van der Waals surface area contributed by atoms with E-state index in [-0.39, 0.29) is 17.9 Å². The third-order valence-electron chi connectivity index (χ3n) is 5.60. The summed E-state index contributed by atoms with van der Waals surface area (Å²) in [6.07, 6.45) is 3.16. The second kappa shape index (κ2) is 9.22. The van der Waals surface area contributed by atoms with Crippen LogP contribution in [-0.2, 0) is 9.59 Å². The number of rotatable bonds is 6. The number of carbonyl (C=O) groups is 2. The molecule has 0 aliphatic carbocycles. The summed E-state index contributed by atoms with van der Waals surface area (Å²) in [5.41, 5.74) is 2.46. The van der Waals surface area contributed by atoms with Crippen LogP contribution in [0.15, 0.2) is 18.2 Å². The first-order valence-electron chi connectivity index (χ1n) is 10.0. The number of piperidine rings is 1. The molecule has 6 nitrogen and oxygen atoms in total. The molecule has 2 aliphatic heterocycles. The number of ether oxygens (including phenoxy) is 1. The molecule has 1 unspecified atom stereocenters. The number of likely N-dealkylation sites (tertiary alicyclic amines) is 1. The minimum Gasteiger partial charge on any atom is -0.494 e. The molecule has 0 radical (unpaired) electrons. The highest BCUT2D eigenvalue weighted by molar-refractivity contribution is 5.80. The lowest BCUT2D eigenvalue weighted by Gasteiger charge is -2.41. The lowest BCUT2D eigenvalue weighted by Crippen LogP contribution is -2.57. The predicted octanol–water partition coefficient (Wildman–Crippen LogP) is 1.89. The molecule has 0 bridgehead atoms. The molecular formula is C21H31N3O3. The van der Waals surface area contributed by atoms with Gasteiger partial charge in [0.2, 0.25) is 11.8 Å². The molecule has 1 aromatic carbocycles. The fraction of sp³-hybridized carbons (Fsp3) is 0.619. The zero-order valence-electron chi connectivity index (χ0n) is 16.5. The van der Waals surface area contributed by atoms with Crippen molar-refractivity contribution in [3.8, 4) is 5.75 Å².